The zero-order valence-electron chi connectivity index (χ0n) is 19.0. The number of aromatic nitrogens is 1. The lowest BCUT2D eigenvalue weighted by atomic mass is 10.00. The van der Waals surface area contributed by atoms with Gasteiger partial charge in [-0.2, -0.15) is 0 Å². The molecule has 2 aliphatic rings. The number of fused-ring (bicyclic) bond motifs is 1. The second-order valence-corrected chi connectivity index (χ2v) is 9.09. The van der Waals surface area contributed by atoms with E-state index in [2.05, 4.69) is 27.7 Å². The summed E-state index contributed by atoms with van der Waals surface area (Å²) in [5.74, 6) is -3.05. The van der Waals surface area contributed by atoms with Crippen molar-refractivity contribution in [3.63, 3.8) is 0 Å². The minimum absolute atomic E-state index is 0.183. The second kappa shape index (κ2) is 10.9. The normalized spacial score (nSPS) is 18.7. The van der Waals surface area contributed by atoms with Crippen LogP contribution in [0.5, 0.6) is 0 Å². The summed E-state index contributed by atoms with van der Waals surface area (Å²) < 4.78 is 27.2. The Bertz CT molecular complexity index is 1050. The highest BCUT2D eigenvalue weighted by Crippen LogP contribution is 2.24. The molecular formula is C25H30F2N4O3. The fourth-order valence-electron chi connectivity index (χ4n) is 4.70. The van der Waals surface area contributed by atoms with Crippen molar-refractivity contribution in [3.8, 4) is 0 Å². The Kier molecular flexibility index (Phi) is 7.72. The molecular weight excluding hydrogens is 442 g/mol. The lowest BCUT2D eigenvalue weighted by molar-refractivity contribution is -0.139. The fourth-order valence-corrected chi connectivity index (χ4v) is 4.70. The molecule has 182 valence electrons. The predicted octanol–water partition coefficient (Wildman–Crippen LogP) is 3.25. The zero-order chi connectivity index (χ0) is 24.1. The van der Waals surface area contributed by atoms with Gasteiger partial charge < -0.3 is 20.6 Å². The smallest absolute Gasteiger partial charge is 0.326 e. The number of nitrogens with zero attached hydrogens (tertiary/aromatic N) is 2. The van der Waals surface area contributed by atoms with Crippen molar-refractivity contribution >= 4 is 17.7 Å². The molecule has 1 aromatic carbocycles. The number of carboxylic acids is 1. The van der Waals surface area contributed by atoms with Gasteiger partial charge in [0.15, 0.2) is 11.6 Å². The van der Waals surface area contributed by atoms with E-state index in [9.17, 15) is 23.5 Å². The van der Waals surface area contributed by atoms with E-state index in [1.165, 1.54) is 11.6 Å². The number of amides is 1. The van der Waals surface area contributed by atoms with Crippen LogP contribution in [0.2, 0.25) is 0 Å². The number of anilines is 1. The summed E-state index contributed by atoms with van der Waals surface area (Å²) >= 11 is 0. The van der Waals surface area contributed by atoms with Crippen LogP contribution in [-0.4, -0.2) is 59.1 Å². The number of hydrogen-bond acceptors (Lipinski definition) is 5. The Morgan fingerprint density at radius 2 is 2.12 bits per heavy atom. The van der Waals surface area contributed by atoms with Crippen molar-refractivity contribution in [2.45, 2.75) is 44.6 Å². The van der Waals surface area contributed by atoms with Crippen LogP contribution in [0.4, 0.5) is 14.6 Å². The Balaban J connectivity index is 1.24. The second-order valence-electron chi connectivity index (χ2n) is 9.09. The van der Waals surface area contributed by atoms with Gasteiger partial charge in [-0.3, -0.25) is 4.79 Å². The van der Waals surface area contributed by atoms with Gasteiger partial charge in [0, 0.05) is 25.3 Å². The Hall–Kier alpha value is -3.07. The van der Waals surface area contributed by atoms with Gasteiger partial charge in [0.25, 0.3) is 5.91 Å². The number of carbonyl (C=O) groups excluding carboxylic acids is 1. The van der Waals surface area contributed by atoms with Crippen LogP contribution < -0.4 is 10.6 Å². The van der Waals surface area contributed by atoms with E-state index in [4.69, 9.17) is 4.98 Å². The maximum Gasteiger partial charge on any atom is 0.326 e. The third-order valence-electron chi connectivity index (χ3n) is 6.66. The molecule has 1 amide bonds. The molecule has 2 aliphatic heterocycles. The van der Waals surface area contributed by atoms with E-state index in [-0.39, 0.29) is 6.42 Å². The molecule has 3 heterocycles. The molecule has 0 spiro atoms. The summed E-state index contributed by atoms with van der Waals surface area (Å²) in [6.07, 6.45) is 5.34. The van der Waals surface area contributed by atoms with Crippen molar-refractivity contribution in [2.75, 3.05) is 31.5 Å². The number of aliphatic carboxylic acids is 1. The number of carboxylic acid groups (broad SMARTS) is 1. The highest BCUT2D eigenvalue weighted by Gasteiger charge is 2.27. The van der Waals surface area contributed by atoms with Crippen molar-refractivity contribution in [1.29, 1.82) is 0 Å². The van der Waals surface area contributed by atoms with E-state index < -0.39 is 35.1 Å². The number of likely N-dealkylation sites (tertiary alicyclic amines) is 1. The third-order valence-corrected chi connectivity index (χ3v) is 6.66. The molecule has 0 unspecified atom stereocenters. The molecule has 34 heavy (non-hydrogen) atoms. The molecule has 1 saturated heterocycles. The molecule has 4 rings (SSSR count). The highest BCUT2D eigenvalue weighted by atomic mass is 19.2. The largest absolute Gasteiger partial charge is 0.480 e. The third kappa shape index (κ3) is 5.88. The molecule has 7 nitrogen and oxygen atoms in total. The SMILES string of the molecule is O=C(N[C@@H](CCN1CC[C@@H](CCc2ccc3c(n2)NCCC3)C1)C(=O)O)c1cccc(F)c1F. The Morgan fingerprint density at radius 1 is 1.26 bits per heavy atom. The molecule has 0 aliphatic carbocycles. The van der Waals surface area contributed by atoms with E-state index >= 15 is 0 Å². The standard InChI is InChI=1S/C25H30F2N4O3/c26-20-5-1-4-19(22(20)27)24(32)30-21(25(33)34)11-14-31-13-10-16(15-31)6-8-18-9-7-17-3-2-12-28-23(17)29-18/h1,4-5,7,9,16,21H,2-3,6,8,10-15H2,(H,28,29)(H,30,32)(H,33,34)/t16-,21+/m1/s1. The first-order valence-corrected chi connectivity index (χ1v) is 11.8. The molecule has 0 bridgehead atoms. The van der Waals surface area contributed by atoms with Crippen LogP contribution in [0.15, 0.2) is 30.3 Å². The summed E-state index contributed by atoms with van der Waals surface area (Å²) in [6, 6.07) is 6.35. The van der Waals surface area contributed by atoms with Crippen LogP contribution in [0.25, 0.3) is 0 Å². The van der Waals surface area contributed by atoms with Gasteiger partial charge in [0.05, 0.1) is 5.56 Å². The fraction of sp³-hybridized carbons (Fsp3) is 0.480. The van der Waals surface area contributed by atoms with E-state index in [1.54, 1.807) is 0 Å². The monoisotopic (exact) mass is 472 g/mol. The molecule has 1 fully saturated rings. The highest BCUT2D eigenvalue weighted by molar-refractivity contribution is 5.96. The number of aryl methyl sites for hydroxylation is 2. The molecule has 9 heteroatoms. The van der Waals surface area contributed by atoms with E-state index in [0.29, 0.717) is 12.5 Å². The van der Waals surface area contributed by atoms with Crippen LogP contribution in [0, 0.1) is 17.6 Å². The molecule has 0 saturated carbocycles. The number of halogens is 2. The summed E-state index contributed by atoms with van der Waals surface area (Å²) in [5.41, 5.74) is 1.87. The molecule has 2 atom stereocenters. The van der Waals surface area contributed by atoms with Crippen molar-refractivity contribution in [2.24, 2.45) is 5.92 Å². The van der Waals surface area contributed by atoms with Crippen LogP contribution in [0.1, 0.15) is 47.3 Å². The Morgan fingerprint density at radius 3 is 2.94 bits per heavy atom. The maximum absolute atomic E-state index is 13.9. The van der Waals surface area contributed by atoms with Gasteiger partial charge in [-0.1, -0.05) is 12.1 Å². The number of benzene rings is 1. The molecule has 3 N–H and O–H groups in total. The van der Waals surface area contributed by atoms with Gasteiger partial charge in [-0.25, -0.2) is 18.6 Å². The van der Waals surface area contributed by atoms with Gasteiger partial charge >= 0.3 is 5.97 Å². The summed E-state index contributed by atoms with van der Waals surface area (Å²) in [4.78, 5) is 30.9. The lowest BCUT2D eigenvalue weighted by Crippen LogP contribution is -2.43. The number of carbonyl (C=O) groups is 2. The average molecular weight is 473 g/mol. The molecule has 1 aromatic heterocycles. The van der Waals surface area contributed by atoms with E-state index in [0.717, 1.165) is 75.4 Å². The number of pyridine rings is 1. The topological polar surface area (TPSA) is 94.6 Å². The summed E-state index contributed by atoms with van der Waals surface area (Å²) in [7, 11) is 0. The van der Waals surface area contributed by atoms with E-state index in [1.807, 2.05) is 0 Å². The molecule has 0 radical (unpaired) electrons. The van der Waals surface area contributed by atoms with Gasteiger partial charge in [-0.15, -0.1) is 0 Å². The quantitative estimate of drug-likeness (QED) is 0.519. The van der Waals surface area contributed by atoms with Crippen LogP contribution in [0.3, 0.4) is 0 Å². The first-order valence-electron chi connectivity index (χ1n) is 11.8. The average Bonchev–Trinajstić information content (AvgIpc) is 3.29. The van der Waals surface area contributed by atoms with Crippen LogP contribution in [-0.2, 0) is 17.6 Å². The Labute approximate surface area is 197 Å². The van der Waals surface area contributed by atoms with Gasteiger partial charge in [-0.05, 0) is 74.8 Å². The summed E-state index contributed by atoms with van der Waals surface area (Å²) in [5, 5.41) is 15.2. The van der Waals surface area contributed by atoms with Gasteiger partial charge in [0.2, 0.25) is 0 Å². The van der Waals surface area contributed by atoms with Crippen molar-refractivity contribution < 1.29 is 23.5 Å². The zero-order valence-corrected chi connectivity index (χ0v) is 19.0. The summed E-state index contributed by atoms with van der Waals surface area (Å²) in [6.45, 7) is 3.20. The van der Waals surface area contributed by atoms with Crippen LogP contribution >= 0.6 is 0 Å². The number of rotatable bonds is 9. The van der Waals surface area contributed by atoms with Crippen molar-refractivity contribution in [1.82, 2.24) is 15.2 Å². The minimum Gasteiger partial charge on any atom is -0.480 e. The first-order chi connectivity index (χ1) is 16.4. The first kappa shape index (κ1) is 24.1. The maximum atomic E-state index is 13.9. The van der Waals surface area contributed by atoms with Gasteiger partial charge in [0.1, 0.15) is 11.9 Å². The predicted molar refractivity (Wildman–Crippen MR) is 124 cm³/mol. The minimum atomic E-state index is -1.28. The number of nitrogens with one attached hydrogen (secondary N) is 2. The lowest BCUT2D eigenvalue weighted by Gasteiger charge is -2.20. The number of hydrogen-bond donors (Lipinski definition) is 3. The molecule has 2 aromatic rings. The van der Waals surface area contributed by atoms with Crippen molar-refractivity contribution in [3.05, 3.63) is 58.8 Å².